The second-order valence-electron chi connectivity index (χ2n) is 6.30. The number of benzene rings is 1. The summed E-state index contributed by atoms with van der Waals surface area (Å²) < 4.78 is 2.04. The van der Waals surface area contributed by atoms with Crippen LogP contribution < -0.4 is 0 Å². The second kappa shape index (κ2) is 7.07. The first-order chi connectivity index (χ1) is 12.3. The molecule has 0 saturated heterocycles. The summed E-state index contributed by atoms with van der Waals surface area (Å²) in [4.78, 5) is 7.20. The molecule has 3 aromatic rings. The third-order valence-corrected chi connectivity index (χ3v) is 5.56. The standard InChI is InChI=1S/C19H22N4OS/c1-2-23-18-8-9-22(10-15(18)16(12-24)21-23)11-19-20-17(13-25-19)14-6-4-3-5-7-14/h3-7,13,24H,2,8-12H2,1H3. The lowest BCUT2D eigenvalue weighted by Crippen LogP contribution is -2.31. The van der Waals surface area contributed by atoms with E-state index in [9.17, 15) is 5.11 Å². The molecule has 1 aliphatic heterocycles. The Morgan fingerprint density at radius 2 is 2.08 bits per heavy atom. The van der Waals surface area contributed by atoms with Gasteiger partial charge in [0.15, 0.2) is 0 Å². The van der Waals surface area contributed by atoms with Gasteiger partial charge in [0.25, 0.3) is 0 Å². The number of rotatable bonds is 5. The SMILES string of the molecule is CCn1nc(CO)c2c1CCN(Cc1nc(-c3ccccc3)cs1)C2. The fourth-order valence-electron chi connectivity index (χ4n) is 3.46. The largest absolute Gasteiger partial charge is 0.390 e. The molecule has 1 aromatic carbocycles. The fraction of sp³-hybridized carbons (Fsp3) is 0.368. The van der Waals surface area contributed by atoms with Gasteiger partial charge in [-0.15, -0.1) is 11.3 Å². The molecule has 130 valence electrons. The monoisotopic (exact) mass is 354 g/mol. The van der Waals surface area contributed by atoms with E-state index in [0.717, 1.165) is 54.6 Å². The molecule has 1 N–H and O–H groups in total. The molecule has 3 heterocycles. The minimum absolute atomic E-state index is 0.0125. The average molecular weight is 354 g/mol. The molecule has 0 unspecified atom stereocenters. The molecule has 0 saturated carbocycles. The predicted molar refractivity (Wildman–Crippen MR) is 99.2 cm³/mol. The summed E-state index contributed by atoms with van der Waals surface area (Å²) in [7, 11) is 0. The van der Waals surface area contributed by atoms with Gasteiger partial charge in [0.2, 0.25) is 0 Å². The number of aliphatic hydroxyl groups is 1. The van der Waals surface area contributed by atoms with Crippen LogP contribution in [-0.4, -0.2) is 31.3 Å². The number of nitrogens with zero attached hydrogens (tertiary/aromatic N) is 4. The normalized spacial score (nSPS) is 14.6. The highest BCUT2D eigenvalue weighted by Gasteiger charge is 2.24. The van der Waals surface area contributed by atoms with E-state index in [1.54, 1.807) is 11.3 Å². The summed E-state index contributed by atoms with van der Waals surface area (Å²) in [6.45, 7) is 5.66. The molecule has 2 aromatic heterocycles. The lowest BCUT2D eigenvalue weighted by molar-refractivity contribution is 0.236. The third kappa shape index (κ3) is 3.25. The van der Waals surface area contributed by atoms with Gasteiger partial charge in [0, 0.05) is 48.3 Å². The summed E-state index contributed by atoms with van der Waals surface area (Å²) in [6, 6.07) is 10.3. The summed E-state index contributed by atoms with van der Waals surface area (Å²) in [5, 5.41) is 17.4. The lowest BCUT2D eigenvalue weighted by atomic mass is 10.1. The molecule has 0 aliphatic carbocycles. The van der Waals surface area contributed by atoms with E-state index in [-0.39, 0.29) is 6.61 Å². The molecular weight excluding hydrogens is 332 g/mol. The highest BCUT2D eigenvalue weighted by molar-refractivity contribution is 7.09. The van der Waals surface area contributed by atoms with E-state index in [2.05, 4.69) is 34.4 Å². The van der Waals surface area contributed by atoms with E-state index < -0.39 is 0 Å². The smallest absolute Gasteiger partial charge is 0.107 e. The number of aliphatic hydroxyl groups excluding tert-OH is 1. The van der Waals surface area contributed by atoms with E-state index in [1.807, 2.05) is 22.9 Å². The van der Waals surface area contributed by atoms with E-state index >= 15 is 0 Å². The Morgan fingerprint density at radius 1 is 1.24 bits per heavy atom. The van der Waals surface area contributed by atoms with Crippen LogP contribution in [-0.2, 0) is 32.7 Å². The van der Waals surface area contributed by atoms with E-state index in [1.165, 1.54) is 11.3 Å². The van der Waals surface area contributed by atoms with Gasteiger partial charge in [-0.05, 0) is 6.92 Å². The number of aryl methyl sites for hydroxylation is 1. The fourth-order valence-corrected chi connectivity index (χ4v) is 4.30. The van der Waals surface area contributed by atoms with Crippen molar-refractivity contribution in [2.75, 3.05) is 6.54 Å². The Morgan fingerprint density at radius 3 is 2.84 bits per heavy atom. The molecule has 0 radical (unpaired) electrons. The summed E-state index contributed by atoms with van der Waals surface area (Å²) in [5.74, 6) is 0. The van der Waals surface area contributed by atoms with Crippen molar-refractivity contribution in [3.05, 3.63) is 57.7 Å². The maximum absolute atomic E-state index is 9.60. The van der Waals surface area contributed by atoms with Crippen molar-refractivity contribution in [1.29, 1.82) is 0 Å². The van der Waals surface area contributed by atoms with Crippen molar-refractivity contribution in [3.63, 3.8) is 0 Å². The number of hydrogen-bond acceptors (Lipinski definition) is 5. The van der Waals surface area contributed by atoms with Gasteiger partial charge in [0.05, 0.1) is 24.5 Å². The molecule has 5 nitrogen and oxygen atoms in total. The Bertz CT molecular complexity index is 856. The minimum Gasteiger partial charge on any atom is -0.390 e. The molecule has 25 heavy (non-hydrogen) atoms. The molecule has 6 heteroatoms. The maximum atomic E-state index is 9.60. The first kappa shape index (κ1) is 16.4. The molecule has 0 atom stereocenters. The van der Waals surface area contributed by atoms with Crippen LogP contribution in [0.4, 0.5) is 0 Å². The summed E-state index contributed by atoms with van der Waals surface area (Å²) in [6.07, 6.45) is 0.979. The lowest BCUT2D eigenvalue weighted by Gasteiger charge is -2.26. The molecule has 4 rings (SSSR count). The van der Waals surface area contributed by atoms with Crippen LogP contribution in [0.15, 0.2) is 35.7 Å². The minimum atomic E-state index is 0.0125. The predicted octanol–water partition coefficient (Wildman–Crippen LogP) is 3.08. The molecule has 1 aliphatic rings. The Kier molecular flexibility index (Phi) is 4.65. The van der Waals surface area contributed by atoms with E-state index in [0.29, 0.717) is 0 Å². The zero-order chi connectivity index (χ0) is 17.2. The van der Waals surface area contributed by atoms with Crippen molar-refractivity contribution in [2.45, 2.75) is 39.6 Å². The van der Waals surface area contributed by atoms with Crippen LogP contribution in [0, 0.1) is 0 Å². The third-order valence-electron chi connectivity index (χ3n) is 4.73. The molecule has 0 fully saturated rings. The highest BCUT2D eigenvalue weighted by atomic mass is 32.1. The van der Waals surface area contributed by atoms with Crippen LogP contribution in [0.1, 0.15) is 28.9 Å². The Balaban J connectivity index is 1.50. The summed E-state index contributed by atoms with van der Waals surface area (Å²) in [5.41, 5.74) is 5.53. The van der Waals surface area contributed by atoms with Crippen molar-refractivity contribution < 1.29 is 5.11 Å². The Labute approximate surface area is 151 Å². The summed E-state index contributed by atoms with van der Waals surface area (Å²) >= 11 is 1.72. The van der Waals surface area contributed by atoms with Crippen molar-refractivity contribution >= 4 is 11.3 Å². The highest BCUT2D eigenvalue weighted by Crippen LogP contribution is 2.26. The van der Waals surface area contributed by atoms with Crippen LogP contribution in [0.3, 0.4) is 0 Å². The van der Waals surface area contributed by atoms with Gasteiger partial charge >= 0.3 is 0 Å². The Hall–Kier alpha value is -2.02. The van der Waals surface area contributed by atoms with Crippen molar-refractivity contribution in [2.24, 2.45) is 0 Å². The van der Waals surface area contributed by atoms with Gasteiger partial charge in [0.1, 0.15) is 5.01 Å². The topological polar surface area (TPSA) is 54.2 Å². The molecule has 0 amide bonds. The molecule has 0 bridgehead atoms. The van der Waals surface area contributed by atoms with E-state index in [4.69, 9.17) is 4.98 Å². The van der Waals surface area contributed by atoms with Gasteiger partial charge < -0.3 is 5.11 Å². The number of hydrogen-bond donors (Lipinski definition) is 1. The number of aromatic nitrogens is 3. The first-order valence-corrected chi connectivity index (χ1v) is 9.57. The van der Waals surface area contributed by atoms with Gasteiger partial charge in [-0.3, -0.25) is 9.58 Å². The number of fused-ring (bicyclic) bond motifs is 1. The van der Waals surface area contributed by atoms with Gasteiger partial charge in [-0.25, -0.2) is 4.98 Å². The molecular formula is C19H22N4OS. The van der Waals surface area contributed by atoms with Crippen LogP contribution in [0.25, 0.3) is 11.3 Å². The van der Waals surface area contributed by atoms with Crippen molar-refractivity contribution in [3.8, 4) is 11.3 Å². The van der Waals surface area contributed by atoms with Gasteiger partial charge in [-0.1, -0.05) is 30.3 Å². The zero-order valence-corrected chi connectivity index (χ0v) is 15.2. The van der Waals surface area contributed by atoms with Gasteiger partial charge in [-0.2, -0.15) is 5.10 Å². The van der Waals surface area contributed by atoms with Crippen LogP contribution >= 0.6 is 11.3 Å². The number of thiazole rings is 1. The van der Waals surface area contributed by atoms with Crippen LogP contribution in [0.5, 0.6) is 0 Å². The van der Waals surface area contributed by atoms with Crippen LogP contribution in [0.2, 0.25) is 0 Å². The maximum Gasteiger partial charge on any atom is 0.107 e. The average Bonchev–Trinajstić information content (AvgIpc) is 3.26. The zero-order valence-electron chi connectivity index (χ0n) is 14.4. The molecule has 0 spiro atoms. The first-order valence-electron chi connectivity index (χ1n) is 8.69. The van der Waals surface area contributed by atoms with Crippen molar-refractivity contribution in [1.82, 2.24) is 19.7 Å². The second-order valence-corrected chi connectivity index (χ2v) is 7.24. The quantitative estimate of drug-likeness (QED) is 0.765.